The van der Waals surface area contributed by atoms with Crippen LogP contribution in [0.3, 0.4) is 0 Å². The van der Waals surface area contributed by atoms with E-state index in [0.29, 0.717) is 5.71 Å². The molecule has 0 saturated carbocycles. The molecule has 68 valence electrons. The van der Waals surface area contributed by atoms with Crippen LogP contribution in [0.2, 0.25) is 0 Å². The van der Waals surface area contributed by atoms with Gasteiger partial charge in [0.1, 0.15) is 5.71 Å². The van der Waals surface area contributed by atoms with Crippen molar-refractivity contribution in [1.82, 2.24) is 0 Å². The lowest BCUT2D eigenvalue weighted by Gasteiger charge is -1.98. The lowest BCUT2D eigenvalue weighted by Crippen LogP contribution is -2.06. The molecule has 4 nitrogen and oxygen atoms in total. The predicted octanol–water partition coefficient (Wildman–Crippen LogP) is 1.06. The monoisotopic (exact) mass is 240 g/mol. The molecular formula is C8H9BrN4. The number of nitrogens with zero attached hydrogens (tertiary/aromatic N) is 2. The van der Waals surface area contributed by atoms with Gasteiger partial charge in [-0.3, -0.25) is 0 Å². The van der Waals surface area contributed by atoms with Crippen LogP contribution in [0, 0.1) is 0 Å². The van der Waals surface area contributed by atoms with Crippen molar-refractivity contribution in [2.45, 2.75) is 0 Å². The van der Waals surface area contributed by atoms with Gasteiger partial charge < -0.3 is 11.7 Å². The molecule has 0 atom stereocenters. The average molecular weight is 241 g/mol. The Balaban J connectivity index is 3.00. The molecule has 0 aliphatic rings. The number of hydrogen-bond donors (Lipinski definition) is 2. The van der Waals surface area contributed by atoms with Gasteiger partial charge in [0.05, 0.1) is 6.21 Å². The predicted molar refractivity (Wildman–Crippen MR) is 57.5 cm³/mol. The first-order chi connectivity index (χ1) is 6.27. The van der Waals surface area contributed by atoms with Gasteiger partial charge in [0, 0.05) is 10.0 Å². The minimum Gasteiger partial charge on any atom is -0.323 e. The highest BCUT2D eigenvalue weighted by Gasteiger charge is 1.98. The molecule has 0 fully saturated rings. The average Bonchev–Trinajstić information content (AvgIpc) is 2.16. The highest BCUT2D eigenvalue weighted by molar-refractivity contribution is 9.10. The quantitative estimate of drug-likeness (QED) is 0.461. The summed E-state index contributed by atoms with van der Waals surface area (Å²) in [6.45, 7) is 0. The smallest absolute Gasteiger partial charge is 0.110 e. The van der Waals surface area contributed by atoms with Gasteiger partial charge in [0.2, 0.25) is 0 Å². The van der Waals surface area contributed by atoms with Crippen LogP contribution < -0.4 is 11.7 Å². The van der Waals surface area contributed by atoms with E-state index in [4.69, 9.17) is 11.7 Å². The molecular weight excluding hydrogens is 232 g/mol. The fourth-order valence-corrected chi connectivity index (χ4v) is 1.14. The molecule has 0 saturated heterocycles. The van der Waals surface area contributed by atoms with Crippen LogP contribution in [-0.2, 0) is 0 Å². The van der Waals surface area contributed by atoms with Gasteiger partial charge in [0.25, 0.3) is 0 Å². The normalized spacial score (nSPS) is 12.2. The number of halogens is 1. The molecule has 0 heterocycles. The maximum atomic E-state index is 5.16. The molecule has 0 bridgehead atoms. The second-order valence-electron chi connectivity index (χ2n) is 2.30. The molecule has 0 aliphatic heterocycles. The Morgan fingerprint density at radius 1 is 1.23 bits per heavy atom. The fraction of sp³-hybridized carbons (Fsp3) is 0. The van der Waals surface area contributed by atoms with Crippen molar-refractivity contribution in [3.05, 3.63) is 34.3 Å². The third-order valence-corrected chi connectivity index (χ3v) is 2.00. The van der Waals surface area contributed by atoms with Crippen molar-refractivity contribution in [3.8, 4) is 0 Å². The third kappa shape index (κ3) is 2.55. The molecule has 1 aromatic rings. The highest BCUT2D eigenvalue weighted by Crippen LogP contribution is 2.10. The number of benzene rings is 1. The second kappa shape index (κ2) is 4.61. The van der Waals surface area contributed by atoms with Gasteiger partial charge >= 0.3 is 0 Å². The van der Waals surface area contributed by atoms with Gasteiger partial charge in [0.15, 0.2) is 0 Å². The van der Waals surface area contributed by atoms with E-state index in [9.17, 15) is 0 Å². The number of nitrogens with two attached hydrogens (primary N) is 2. The van der Waals surface area contributed by atoms with Crippen molar-refractivity contribution in [2.24, 2.45) is 21.9 Å². The summed E-state index contributed by atoms with van der Waals surface area (Å²) >= 11 is 3.33. The Kier molecular flexibility index (Phi) is 3.45. The van der Waals surface area contributed by atoms with Gasteiger partial charge in [-0.15, -0.1) is 0 Å². The molecule has 0 spiro atoms. The zero-order valence-corrected chi connectivity index (χ0v) is 8.40. The highest BCUT2D eigenvalue weighted by atomic mass is 79.9. The molecule has 1 aromatic carbocycles. The Morgan fingerprint density at radius 2 is 1.85 bits per heavy atom. The molecule has 4 N–H and O–H groups in total. The summed E-state index contributed by atoms with van der Waals surface area (Å²) in [5.74, 6) is 10.2. The standard InChI is InChI=1S/C8H9BrN4/c9-7-3-1-6(2-4-7)8(13-11)5-12-10/h1-5H,10-11H2/b12-5-,13-8-. The van der Waals surface area contributed by atoms with Crippen LogP contribution >= 0.6 is 15.9 Å². The van der Waals surface area contributed by atoms with Crippen molar-refractivity contribution in [1.29, 1.82) is 0 Å². The molecule has 0 amide bonds. The number of hydrogen-bond acceptors (Lipinski definition) is 4. The molecule has 13 heavy (non-hydrogen) atoms. The molecule has 0 aliphatic carbocycles. The Hall–Kier alpha value is -1.36. The number of rotatable bonds is 2. The van der Waals surface area contributed by atoms with E-state index < -0.39 is 0 Å². The largest absolute Gasteiger partial charge is 0.323 e. The van der Waals surface area contributed by atoms with Gasteiger partial charge in [-0.05, 0) is 12.1 Å². The summed E-state index contributed by atoms with van der Waals surface area (Å²) in [5, 5.41) is 6.91. The second-order valence-corrected chi connectivity index (χ2v) is 3.22. The van der Waals surface area contributed by atoms with Crippen LogP contribution in [0.15, 0.2) is 38.9 Å². The van der Waals surface area contributed by atoms with Crippen molar-refractivity contribution in [3.63, 3.8) is 0 Å². The van der Waals surface area contributed by atoms with Crippen molar-refractivity contribution in [2.75, 3.05) is 0 Å². The van der Waals surface area contributed by atoms with Crippen LogP contribution in [0.25, 0.3) is 0 Å². The lowest BCUT2D eigenvalue weighted by molar-refractivity contribution is 1.24. The Bertz CT molecular complexity index is 329. The summed E-state index contributed by atoms with van der Waals surface area (Å²) in [6.07, 6.45) is 1.41. The summed E-state index contributed by atoms with van der Waals surface area (Å²) in [4.78, 5) is 0. The first-order valence-corrected chi connectivity index (χ1v) is 4.34. The van der Waals surface area contributed by atoms with E-state index in [1.54, 1.807) is 0 Å². The van der Waals surface area contributed by atoms with Crippen molar-refractivity contribution >= 4 is 27.9 Å². The van der Waals surface area contributed by atoms with E-state index in [1.165, 1.54) is 6.21 Å². The zero-order valence-electron chi connectivity index (χ0n) is 6.81. The van der Waals surface area contributed by atoms with E-state index in [2.05, 4.69) is 26.1 Å². The summed E-state index contributed by atoms with van der Waals surface area (Å²) < 4.78 is 0.998. The SMILES string of the molecule is N/N=C\C(=N\N)c1ccc(Br)cc1. The van der Waals surface area contributed by atoms with Crippen LogP contribution in [0.4, 0.5) is 0 Å². The molecule has 1 rings (SSSR count). The minimum atomic E-state index is 0.551. The van der Waals surface area contributed by atoms with E-state index >= 15 is 0 Å². The van der Waals surface area contributed by atoms with E-state index in [0.717, 1.165) is 10.0 Å². The lowest BCUT2D eigenvalue weighted by atomic mass is 10.1. The van der Waals surface area contributed by atoms with Crippen LogP contribution in [-0.4, -0.2) is 11.9 Å². The van der Waals surface area contributed by atoms with Gasteiger partial charge in [-0.1, -0.05) is 28.1 Å². The molecule has 0 unspecified atom stereocenters. The summed E-state index contributed by atoms with van der Waals surface area (Å²) in [6, 6.07) is 7.53. The fourth-order valence-electron chi connectivity index (χ4n) is 0.874. The van der Waals surface area contributed by atoms with Gasteiger partial charge in [-0.25, -0.2) is 0 Å². The maximum Gasteiger partial charge on any atom is 0.110 e. The maximum absolute atomic E-state index is 5.16. The van der Waals surface area contributed by atoms with Crippen LogP contribution in [0.1, 0.15) is 5.56 Å². The molecule has 0 radical (unpaired) electrons. The first kappa shape index (κ1) is 9.73. The third-order valence-electron chi connectivity index (χ3n) is 1.48. The summed E-state index contributed by atoms with van der Waals surface area (Å²) in [7, 11) is 0. The van der Waals surface area contributed by atoms with E-state index in [-0.39, 0.29) is 0 Å². The van der Waals surface area contributed by atoms with Crippen molar-refractivity contribution < 1.29 is 0 Å². The molecule has 0 aromatic heterocycles. The van der Waals surface area contributed by atoms with Crippen LogP contribution in [0.5, 0.6) is 0 Å². The zero-order chi connectivity index (χ0) is 9.68. The topological polar surface area (TPSA) is 76.8 Å². The minimum absolute atomic E-state index is 0.551. The van der Waals surface area contributed by atoms with E-state index in [1.807, 2.05) is 24.3 Å². The first-order valence-electron chi connectivity index (χ1n) is 3.55. The Labute approximate surface area is 84.4 Å². The molecule has 5 heteroatoms. The Morgan fingerprint density at radius 3 is 2.31 bits per heavy atom. The number of hydrazone groups is 2. The van der Waals surface area contributed by atoms with Gasteiger partial charge in [-0.2, -0.15) is 10.2 Å². The summed E-state index contributed by atoms with van der Waals surface area (Å²) in [5.41, 5.74) is 1.43.